The van der Waals surface area contributed by atoms with Crippen LogP contribution in [0.5, 0.6) is 0 Å². The molecule has 128 valence electrons. The van der Waals surface area contributed by atoms with Crippen molar-refractivity contribution in [3.8, 4) is 0 Å². The van der Waals surface area contributed by atoms with E-state index >= 15 is 0 Å². The van der Waals surface area contributed by atoms with Crippen molar-refractivity contribution < 1.29 is 0 Å². The van der Waals surface area contributed by atoms with Crippen molar-refractivity contribution >= 4 is 41.7 Å². The number of guanidine groups is 1. The highest BCUT2D eigenvalue weighted by Crippen LogP contribution is 1.99. The maximum atomic E-state index is 4.60. The molecule has 0 aromatic carbocycles. The normalized spacial score (nSPS) is 11.2. The predicted octanol–water partition coefficient (Wildman–Crippen LogP) is 2.33. The van der Waals surface area contributed by atoms with Gasteiger partial charge in [0.15, 0.2) is 11.8 Å². The van der Waals surface area contributed by atoms with E-state index in [4.69, 9.17) is 0 Å². The highest BCUT2D eigenvalue weighted by molar-refractivity contribution is 14.0. The molecule has 6 nitrogen and oxygen atoms in total. The first-order valence-corrected chi connectivity index (χ1v) is 8.94. The van der Waals surface area contributed by atoms with Gasteiger partial charge in [-0.3, -0.25) is 0 Å². The van der Waals surface area contributed by atoms with Gasteiger partial charge < -0.3 is 15.2 Å². The lowest BCUT2D eigenvalue weighted by Gasteiger charge is -2.12. The molecule has 0 radical (unpaired) electrons. The number of aromatic nitrogens is 3. The number of aliphatic imine (C=N–C) groups is 1. The van der Waals surface area contributed by atoms with Crippen LogP contribution in [0.4, 0.5) is 0 Å². The number of hydrogen-bond acceptors (Lipinski definition) is 4. The molecule has 0 unspecified atom stereocenters. The summed E-state index contributed by atoms with van der Waals surface area (Å²) in [5.41, 5.74) is 0. The van der Waals surface area contributed by atoms with Gasteiger partial charge in [-0.05, 0) is 31.8 Å². The van der Waals surface area contributed by atoms with Crippen LogP contribution < -0.4 is 10.6 Å². The maximum absolute atomic E-state index is 4.60. The molecule has 0 spiro atoms. The standard InChI is InChI=1S/C14H28N6S.HI/c1-5-6-8-15-14(16-9-7-10-21-4)17-11-13-19-18-12(2)20(13)3;/h5-11H2,1-4H3,(H2,15,16,17);1H. The minimum Gasteiger partial charge on any atom is -0.356 e. The second-order valence-electron chi connectivity index (χ2n) is 4.94. The van der Waals surface area contributed by atoms with E-state index < -0.39 is 0 Å². The molecule has 22 heavy (non-hydrogen) atoms. The van der Waals surface area contributed by atoms with Crippen molar-refractivity contribution in [3.63, 3.8) is 0 Å². The number of hydrogen-bond donors (Lipinski definition) is 2. The predicted molar refractivity (Wildman–Crippen MR) is 106 cm³/mol. The van der Waals surface area contributed by atoms with Gasteiger partial charge in [-0.25, -0.2) is 4.99 Å². The van der Waals surface area contributed by atoms with Gasteiger partial charge in [0.2, 0.25) is 0 Å². The van der Waals surface area contributed by atoms with Crippen molar-refractivity contribution in [1.82, 2.24) is 25.4 Å². The third-order valence-electron chi connectivity index (χ3n) is 3.20. The monoisotopic (exact) mass is 440 g/mol. The second-order valence-corrected chi connectivity index (χ2v) is 5.93. The molecule has 1 heterocycles. The molecule has 0 fully saturated rings. The van der Waals surface area contributed by atoms with Crippen LogP contribution in [0, 0.1) is 6.92 Å². The lowest BCUT2D eigenvalue weighted by molar-refractivity contribution is 0.712. The topological polar surface area (TPSA) is 67.1 Å². The van der Waals surface area contributed by atoms with E-state index in [-0.39, 0.29) is 24.0 Å². The number of unbranched alkanes of at least 4 members (excludes halogenated alkanes) is 1. The van der Waals surface area contributed by atoms with E-state index in [9.17, 15) is 0 Å². The summed E-state index contributed by atoms with van der Waals surface area (Å²) in [6, 6.07) is 0. The van der Waals surface area contributed by atoms with Crippen LogP contribution in [0.2, 0.25) is 0 Å². The van der Waals surface area contributed by atoms with Crippen LogP contribution in [0.25, 0.3) is 0 Å². The van der Waals surface area contributed by atoms with E-state index in [1.54, 1.807) is 0 Å². The first-order chi connectivity index (χ1) is 10.2. The third kappa shape index (κ3) is 8.21. The van der Waals surface area contributed by atoms with Crippen LogP contribution in [0.1, 0.15) is 37.8 Å². The Kier molecular flexibility index (Phi) is 12.7. The van der Waals surface area contributed by atoms with E-state index in [1.807, 2.05) is 30.3 Å². The Labute approximate surface area is 155 Å². The molecule has 0 saturated heterocycles. The van der Waals surface area contributed by atoms with Gasteiger partial charge in [0.1, 0.15) is 12.4 Å². The van der Waals surface area contributed by atoms with Crippen molar-refractivity contribution in [2.45, 2.75) is 39.7 Å². The number of nitrogens with one attached hydrogen (secondary N) is 2. The molecule has 0 amide bonds. The van der Waals surface area contributed by atoms with Gasteiger partial charge in [-0.2, -0.15) is 11.8 Å². The molecule has 0 aliphatic rings. The van der Waals surface area contributed by atoms with Crippen molar-refractivity contribution in [2.75, 3.05) is 25.1 Å². The highest BCUT2D eigenvalue weighted by Gasteiger charge is 2.04. The average molecular weight is 440 g/mol. The molecule has 0 saturated carbocycles. The van der Waals surface area contributed by atoms with E-state index in [2.05, 4.69) is 39.0 Å². The molecular formula is C14H29IN6S. The number of rotatable bonds is 9. The SMILES string of the molecule is CCCCNC(=NCc1nnc(C)n1C)NCCCSC.I. The fourth-order valence-electron chi connectivity index (χ4n) is 1.72. The lowest BCUT2D eigenvalue weighted by Crippen LogP contribution is -2.38. The first-order valence-electron chi connectivity index (χ1n) is 7.55. The second kappa shape index (κ2) is 13.0. The molecule has 0 atom stereocenters. The van der Waals surface area contributed by atoms with E-state index in [0.717, 1.165) is 49.3 Å². The van der Waals surface area contributed by atoms with Gasteiger partial charge in [0, 0.05) is 20.1 Å². The number of nitrogens with zero attached hydrogens (tertiary/aromatic N) is 4. The van der Waals surface area contributed by atoms with Crippen LogP contribution in [0.15, 0.2) is 4.99 Å². The Balaban J connectivity index is 0.00000441. The summed E-state index contributed by atoms with van der Waals surface area (Å²) in [5, 5.41) is 14.9. The Bertz CT molecular complexity index is 435. The summed E-state index contributed by atoms with van der Waals surface area (Å²) < 4.78 is 1.97. The Morgan fingerprint density at radius 3 is 2.45 bits per heavy atom. The molecule has 2 N–H and O–H groups in total. The van der Waals surface area contributed by atoms with Gasteiger partial charge in [0.05, 0.1) is 0 Å². The number of thioether (sulfide) groups is 1. The zero-order valence-corrected chi connectivity index (χ0v) is 17.2. The molecule has 8 heteroatoms. The lowest BCUT2D eigenvalue weighted by atomic mass is 10.3. The Morgan fingerprint density at radius 2 is 1.91 bits per heavy atom. The van der Waals surface area contributed by atoms with Gasteiger partial charge in [-0.15, -0.1) is 34.2 Å². The van der Waals surface area contributed by atoms with Crippen LogP contribution >= 0.6 is 35.7 Å². The molecule has 1 rings (SSSR count). The summed E-state index contributed by atoms with van der Waals surface area (Å²) >= 11 is 1.87. The summed E-state index contributed by atoms with van der Waals surface area (Å²) in [5.74, 6) is 3.82. The van der Waals surface area contributed by atoms with Gasteiger partial charge in [0.25, 0.3) is 0 Å². The zero-order chi connectivity index (χ0) is 15.5. The Hall–Kier alpha value is -0.510. The molecule has 0 aliphatic heterocycles. The van der Waals surface area contributed by atoms with Crippen LogP contribution in [-0.2, 0) is 13.6 Å². The summed E-state index contributed by atoms with van der Waals surface area (Å²) in [7, 11) is 1.97. The third-order valence-corrected chi connectivity index (χ3v) is 3.90. The van der Waals surface area contributed by atoms with E-state index in [1.165, 1.54) is 6.42 Å². The molecule has 0 aliphatic carbocycles. The number of halogens is 1. The van der Waals surface area contributed by atoms with Crippen molar-refractivity contribution in [3.05, 3.63) is 11.6 Å². The summed E-state index contributed by atoms with van der Waals surface area (Å²) in [6.45, 7) is 6.56. The largest absolute Gasteiger partial charge is 0.356 e. The molecular weight excluding hydrogens is 411 g/mol. The van der Waals surface area contributed by atoms with Crippen LogP contribution in [0.3, 0.4) is 0 Å². The molecule has 1 aromatic heterocycles. The molecule has 1 aromatic rings. The highest BCUT2D eigenvalue weighted by atomic mass is 127. The van der Waals surface area contributed by atoms with Gasteiger partial charge >= 0.3 is 0 Å². The summed E-state index contributed by atoms with van der Waals surface area (Å²) in [4.78, 5) is 4.60. The minimum atomic E-state index is 0. The average Bonchev–Trinajstić information content (AvgIpc) is 2.80. The fraction of sp³-hybridized carbons (Fsp3) is 0.786. The smallest absolute Gasteiger partial charge is 0.191 e. The maximum Gasteiger partial charge on any atom is 0.191 e. The quantitative estimate of drug-likeness (QED) is 0.267. The van der Waals surface area contributed by atoms with Crippen LogP contribution in [-0.4, -0.2) is 45.8 Å². The Morgan fingerprint density at radius 1 is 1.23 bits per heavy atom. The fourth-order valence-corrected chi connectivity index (χ4v) is 2.15. The van der Waals surface area contributed by atoms with Gasteiger partial charge in [-0.1, -0.05) is 13.3 Å². The molecule has 0 bridgehead atoms. The zero-order valence-electron chi connectivity index (χ0n) is 14.1. The number of aryl methyl sites for hydroxylation is 1. The summed E-state index contributed by atoms with van der Waals surface area (Å²) in [6.07, 6.45) is 5.59. The minimum absolute atomic E-state index is 0. The van der Waals surface area contributed by atoms with E-state index in [0.29, 0.717) is 6.54 Å². The van der Waals surface area contributed by atoms with Crippen molar-refractivity contribution in [2.24, 2.45) is 12.0 Å². The van der Waals surface area contributed by atoms with Crippen molar-refractivity contribution in [1.29, 1.82) is 0 Å². The first kappa shape index (κ1) is 21.5.